The number of nitriles is 1. The Morgan fingerprint density at radius 1 is 1.47 bits per heavy atom. The number of rotatable bonds is 5. The topological polar surface area (TPSA) is 104 Å². The molecule has 8 heteroatoms. The zero-order valence-corrected chi connectivity index (χ0v) is 11.3. The van der Waals surface area contributed by atoms with Gasteiger partial charge in [0.05, 0.1) is 15.9 Å². The Kier molecular flexibility index (Phi) is 4.58. The van der Waals surface area contributed by atoms with Crippen molar-refractivity contribution < 1.29 is 13.3 Å². The van der Waals surface area contributed by atoms with Crippen LogP contribution in [0.15, 0.2) is 23.1 Å². The summed E-state index contributed by atoms with van der Waals surface area (Å²) in [6.07, 6.45) is 0.424. The van der Waals surface area contributed by atoms with Crippen LogP contribution in [0, 0.1) is 21.4 Å². The molecule has 1 aromatic rings. The number of hydrogen-bond donors (Lipinski definition) is 0. The molecule has 0 aromatic heterocycles. The van der Waals surface area contributed by atoms with Crippen LogP contribution in [0.5, 0.6) is 0 Å². The number of non-ortho nitro benzene ring substituents is 1. The number of aryl methyl sites for hydroxylation is 1. The van der Waals surface area contributed by atoms with Gasteiger partial charge in [0, 0.05) is 19.2 Å². The second-order valence-corrected chi connectivity index (χ2v) is 5.84. The first-order valence-corrected chi connectivity index (χ1v) is 6.89. The molecule has 0 fully saturated rings. The standard InChI is InChI=1S/C11H13N3O4S/c1-3-9-4-5-10(14(15)16)8-11(9)19(17,18)13(2)7-6-12/h4-5,8H,3,7H2,1-2H3. The highest BCUT2D eigenvalue weighted by Crippen LogP contribution is 2.25. The van der Waals surface area contributed by atoms with Crippen LogP contribution in [0.1, 0.15) is 12.5 Å². The summed E-state index contributed by atoms with van der Waals surface area (Å²) in [4.78, 5) is 9.95. The predicted molar refractivity (Wildman–Crippen MR) is 67.9 cm³/mol. The first kappa shape index (κ1) is 15.1. The summed E-state index contributed by atoms with van der Waals surface area (Å²) in [6.45, 7) is 1.44. The van der Waals surface area contributed by atoms with Gasteiger partial charge in [-0.1, -0.05) is 13.0 Å². The normalized spacial score (nSPS) is 11.3. The minimum atomic E-state index is -3.89. The Hall–Kier alpha value is -1.98. The summed E-state index contributed by atoms with van der Waals surface area (Å²) >= 11 is 0. The third-order valence-corrected chi connectivity index (χ3v) is 4.51. The lowest BCUT2D eigenvalue weighted by atomic mass is 10.1. The van der Waals surface area contributed by atoms with Crippen LogP contribution in [-0.4, -0.2) is 31.2 Å². The van der Waals surface area contributed by atoms with E-state index >= 15 is 0 Å². The maximum Gasteiger partial charge on any atom is 0.270 e. The maximum atomic E-state index is 12.2. The first-order chi connectivity index (χ1) is 8.84. The number of nitro groups is 1. The van der Waals surface area contributed by atoms with Crippen LogP contribution in [0.25, 0.3) is 0 Å². The highest BCUT2D eigenvalue weighted by atomic mass is 32.2. The molecule has 0 unspecified atom stereocenters. The molecule has 0 bridgehead atoms. The van der Waals surface area contributed by atoms with E-state index in [0.29, 0.717) is 12.0 Å². The second-order valence-electron chi connectivity index (χ2n) is 3.82. The van der Waals surface area contributed by atoms with Gasteiger partial charge < -0.3 is 0 Å². The molecule has 0 aliphatic rings. The van der Waals surface area contributed by atoms with E-state index in [9.17, 15) is 18.5 Å². The SMILES string of the molecule is CCc1ccc([N+](=O)[O-])cc1S(=O)(=O)N(C)CC#N. The fourth-order valence-corrected chi connectivity index (χ4v) is 2.92. The van der Waals surface area contributed by atoms with Crippen LogP contribution in [0.4, 0.5) is 5.69 Å². The highest BCUT2D eigenvalue weighted by molar-refractivity contribution is 7.89. The summed E-state index contributed by atoms with van der Waals surface area (Å²) in [7, 11) is -2.63. The van der Waals surface area contributed by atoms with Crippen LogP contribution >= 0.6 is 0 Å². The number of hydrogen-bond acceptors (Lipinski definition) is 5. The van der Waals surface area contributed by atoms with Crippen molar-refractivity contribution in [2.75, 3.05) is 13.6 Å². The molecule has 0 amide bonds. The number of nitrogens with zero attached hydrogens (tertiary/aromatic N) is 3. The minimum absolute atomic E-state index is 0.123. The molecule has 102 valence electrons. The minimum Gasteiger partial charge on any atom is -0.258 e. The number of benzene rings is 1. The van der Waals surface area contributed by atoms with E-state index in [1.807, 2.05) is 0 Å². The Bertz CT molecular complexity index is 634. The molecule has 0 aliphatic heterocycles. The molecule has 0 N–H and O–H groups in total. The summed E-state index contributed by atoms with van der Waals surface area (Å²) in [5.74, 6) is 0. The molecule has 0 radical (unpaired) electrons. The largest absolute Gasteiger partial charge is 0.270 e. The van der Waals surface area contributed by atoms with Gasteiger partial charge in [0.1, 0.15) is 6.54 Å². The molecule has 0 heterocycles. The van der Waals surface area contributed by atoms with Crippen molar-refractivity contribution in [3.8, 4) is 6.07 Å². The quantitative estimate of drug-likeness (QED) is 0.460. The van der Waals surface area contributed by atoms with Crippen molar-refractivity contribution in [3.05, 3.63) is 33.9 Å². The van der Waals surface area contributed by atoms with Crippen molar-refractivity contribution in [3.63, 3.8) is 0 Å². The van der Waals surface area contributed by atoms with E-state index in [2.05, 4.69) is 0 Å². The zero-order valence-electron chi connectivity index (χ0n) is 10.5. The summed E-state index contributed by atoms with van der Waals surface area (Å²) in [5, 5.41) is 19.3. The molecule has 19 heavy (non-hydrogen) atoms. The fourth-order valence-electron chi connectivity index (χ4n) is 1.54. The van der Waals surface area contributed by atoms with E-state index in [0.717, 1.165) is 10.4 Å². The van der Waals surface area contributed by atoms with E-state index < -0.39 is 14.9 Å². The average molecular weight is 283 g/mol. The summed E-state index contributed by atoms with van der Waals surface area (Å²) in [6, 6.07) is 5.45. The molecule has 0 saturated carbocycles. The number of nitro benzene ring substituents is 1. The lowest BCUT2D eigenvalue weighted by Gasteiger charge is -2.15. The predicted octanol–water partition coefficient (Wildman–Crippen LogP) is 1.30. The number of sulfonamides is 1. The zero-order chi connectivity index (χ0) is 14.6. The fraction of sp³-hybridized carbons (Fsp3) is 0.364. The molecule has 0 atom stereocenters. The molecular formula is C11H13N3O4S. The van der Waals surface area contributed by atoms with E-state index in [1.165, 1.54) is 19.2 Å². The van der Waals surface area contributed by atoms with Crippen LogP contribution in [-0.2, 0) is 16.4 Å². The Labute approximate surface area is 111 Å². The van der Waals surface area contributed by atoms with E-state index in [1.54, 1.807) is 13.0 Å². The van der Waals surface area contributed by atoms with Crippen molar-refractivity contribution in [1.82, 2.24) is 4.31 Å². The smallest absolute Gasteiger partial charge is 0.258 e. The molecule has 0 saturated heterocycles. The van der Waals surface area contributed by atoms with E-state index in [-0.39, 0.29) is 17.1 Å². The lowest BCUT2D eigenvalue weighted by Crippen LogP contribution is -2.28. The van der Waals surface area contributed by atoms with Crippen molar-refractivity contribution in [1.29, 1.82) is 5.26 Å². The third-order valence-electron chi connectivity index (χ3n) is 2.62. The van der Waals surface area contributed by atoms with Gasteiger partial charge in [0.15, 0.2) is 0 Å². The molecule has 1 aromatic carbocycles. The monoisotopic (exact) mass is 283 g/mol. The Balaban J connectivity index is 3.43. The maximum absolute atomic E-state index is 12.2. The van der Waals surface area contributed by atoms with Gasteiger partial charge in [-0.05, 0) is 12.0 Å². The molecule has 7 nitrogen and oxygen atoms in total. The third kappa shape index (κ3) is 3.07. The summed E-state index contributed by atoms with van der Waals surface area (Å²) in [5.41, 5.74) is 0.191. The van der Waals surface area contributed by atoms with Crippen LogP contribution < -0.4 is 0 Å². The van der Waals surface area contributed by atoms with Gasteiger partial charge in [-0.25, -0.2) is 8.42 Å². The van der Waals surface area contributed by atoms with E-state index in [4.69, 9.17) is 5.26 Å². The molecule has 1 rings (SSSR count). The van der Waals surface area contributed by atoms with Gasteiger partial charge in [-0.15, -0.1) is 0 Å². The van der Waals surface area contributed by atoms with Crippen molar-refractivity contribution in [2.45, 2.75) is 18.2 Å². The van der Waals surface area contributed by atoms with Crippen LogP contribution in [0.2, 0.25) is 0 Å². The molecule has 0 aliphatic carbocycles. The molecule has 0 spiro atoms. The molecular weight excluding hydrogens is 270 g/mol. The first-order valence-electron chi connectivity index (χ1n) is 5.45. The summed E-state index contributed by atoms with van der Waals surface area (Å²) < 4.78 is 25.3. The van der Waals surface area contributed by atoms with Gasteiger partial charge in [0.25, 0.3) is 5.69 Å². The van der Waals surface area contributed by atoms with Crippen molar-refractivity contribution >= 4 is 15.7 Å². The second kappa shape index (κ2) is 5.77. The van der Waals surface area contributed by atoms with Crippen LogP contribution in [0.3, 0.4) is 0 Å². The van der Waals surface area contributed by atoms with Gasteiger partial charge in [0.2, 0.25) is 10.0 Å². The van der Waals surface area contributed by atoms with Gasteiger partial charge >= 0.3 is 0 Å². The Morgan fingerprint density at radius 3 is 2.58 bits per heavy atom. The lowest BCUT2D eigenvalue weighted by molar-refractivity contribution is -0.385. The van der Waals surface area contributed by atoms with Crippen molar-refractivity contribution in [2.24, 2.45) is 0 Å². The van der Waals surface area contributed by atoms with Gasteiger partial charge in [-0.3, -0.25) is 10.1 Å². The Morgan fingerprint density at radius 2 is 2.11 bits per heavy atom. The van der Waals surface area contributed by atoms with Gasteiger partial charge in [-0.2, -0.15) is 9.57 Å². The average Bonchev–Trinajstić information content (AvgIpc) is 2.38. The highest BCUT2D eigenvalue weighted by Gasteiger charge is 2.25.